The van der Waals surface area contributed by atoms with Crippen LogP contribution in [-0.4, -0.2) is 32.6 Å². The van der Waals surface area contributed by atoms with Crippen molar-refractivity contribution < 1.29 is 13.6 Å². The predicted molar refractivity (Wildman–Crippen MR) is 123 cm³/mol. The minimum Gasteiger partial charge on any atom is -0.467 e. The molecule has 32 heavy (non-hydrogen) atoms. The molecule has 0 radical (unpaired) electrons. The number of anilines is 2. The van der Waals surface area contributed by atoms with E-state index in [-0.39, 0.29) is 17.7 Å². The summed E-state index contributed by atoms with van der Waals surface area (Å²) in [4.78, 5) is 13.0. The summed E-state index contributed by atoms with van der Waals surface area (Å²) in [6, 6.07) is 15.0. The average molecular weight is 466 g/mol. The molecule has 0 saturated carbocycles. The van der Waals surface area contributed by atoms with Crippen molar-refractivity contribution in [3.63, 3.8) is 0 Å². The highest BCUT2D eigenvalue weighted by atomic mass is 32.2. The van der Waals surface area contributed by atoms with Gasteiger partial charge in [0.15, 0.2) is 4.34 Å². The summed E-state index contributed by atoms with van der Waals surface area (Å²) in [5.74, 6) is 1.39. The number of thioether (sulfide) groups is 1. The zero-order valence-corrected chi connectivity index (χ0v) is 18.7. The Morgan fingerprint density at radius 3 is 2.72 bits per heavy atom. The summed E-state index contributed by atoms with van der Waals surface area (Å²) in [6.45, 7) is 2.04. The molecule has 4 aromatic rings. The molecule has 5 rings (SSSR count). The summed E-state index contributed by atoms with van der Waals surface area (Å²) in [5.41, 5.74) is 2.85. The lowest BCUT2D eigenvalue weighted by atomic mass is 10.1. The molecule has 1 unspecified atom stereocenters. The maximum atomic E-state index is 13.0. The molecule has 1 amide bonds. The Hall–Kier alpha value is -3.37. The number of nitrogens with one attached hydrogen (secondary N) is 1. The molecule has 1 N–H and O–H groups in total. The van der Waals surface area contributed by atoms with Crippen molar-refractivity contribution in [2.75, 3.05) is 11.1 Å². The Labute approximate surface area is 192 Å². The van der Waals surface area contributed by atoms with Crippen LogP contribution in [0.1, 0.15) is 29.5 Å². The van der Waals surface area contributed by atoms with E-state index in [1.54, 1.807) is 24.7 Å². The van der Waals surface area contributed by atoms with Gasteiger partial charge in [-0.25, -0.2) is 5.01 Å². The topological polar surface area (TPSA) is 96.8 Å². The van der Waals surface area contributed by atoms with Crippen LogP contribution in [-0.2, 0) is 4.79 Å². The molecule has 1 aliphatic rings. The van der Waals surface area contributed by atoms with Crippen molar-refractivity contribution in [3.8, 4) is 0 Å². The number of carbonyl (C=O) groups is 1. The fourth-order valence-corrected chi connectivity index (χ4v) is 4.93. The quantitative estimate of drug-likeness (QED) is 0.373. The van der Waals surface area contributed by atoms with Crippen molar-refractivity contribution >= 4 is 45.5 Å². The third-order valence-electron chi connectivity index (χ3n) is 4.87. The molecule has 10 heteroatoms. The monoisotopic (exact) mass is 465 g/mol. The lowest BCUT2D eigenvalue weighted by Gasteiger charge is -2.19. The van der Waals surface area contributed by atoms with Gasteiger partial charge in [-0.3, -0.25) is 4.79 Å². The molecule has 0 fully saturated rings. The van der Waals surface area contributed by atoms with Crippen LogP contribution in [0.3, 0.4) is 0 Å². The summed E-state index contributed by atoms with van der Waals surface area (Å²) >= 11 is 2.74. The first-order chi connectivity index (χ1) is 15.7. The van der Waals surface area contributed by atoms with Gasteiger partial charge in [-0.2, -0.15) is 5.10 Å². The third-order valence-corrected chi connectivity index (χ3v) is 6.83. The lowest BCUT2D eigenvalue weighted by Crippen LogP contribution is -2.28. The van der Waals surface area contributed by atoms with E-state index in [4.69, 9.17) is 8.83 Å². The number of aromatic nitrogens is 2. The van der Waals surface area contributed by atoms with Crippen LogP contribution >= 0.6 is 23.1 Å². The van der Waals surface area contributed by atoms with Crippen LogP contribution in [0.4, 0.5) is 10.8 Å². The predicted octanol–water partition coefficient (Wildman–Crippen LogP) is 5.25. The summed E-state index contributed by atoms with van der Waals surface area (Å²) < 4.78 is 11.7. The minimum atomic E-state index is -0.300. The Morgan fingerprint density at radius 2 is 1.97 bits per heavy atom. The number of rotatable bonds is 7. The van der Waals surface area contributed by atoms with Crippen LogP contribution in [0.2, 0.25) is 0 Å². The Balaban J connectivity index is 1.25. The minimum absolute atomic E-state index is 0.138. The normalized spacial score (nSPS) is 15.7. The van der Waals surface area contributed by atoms with Gasteiger partial charge in [0.05, 0.1) is 18.3 Å². The van der Waals surface area contributed by atoms with E-state index in [1.165, 1.54) is 33.7 Å². The van der Waals surface area contributed by atoms with Crippen LogP contribution in [0, 0.1) is 6.92 Å². The largest absolute Gasteiger partial charge is 0.467 e. The molecule has 0 spiro atoms. The van der Waals surface area contributed by atoms with Crippen molar-refractivity contribution in [3.05, 3.63) is 78.1 Å². The van der Waals surface area contributed by atoms with Crippen molar-refractivity contribution in [2.45, 2.75) is 23.7 Å². The second-order valence-corrected chi connectivity index (χ2v) is 9.35. The second-order valence-electron chi connectivity index (χ2n) is 7.15. The van der Waals surface area contributed by atoms with Gasteiger partial charge >= 0.3 is 0 Å². The fourth-order valence-electron chi connectivity index (χ4n) is 3.30. The zero-order chi connectivity index (χ0) is 21.9. The van der Waals surface area contributed by atoms with Gasteiger partial charge in [0.2, 0.25) is 5.13 Å². The molecule has 0 saturated heterocycles. The Kier molecular flexibility index (Phi) is 5.78. The van der Waals surface area contributed by atoms with Crippen LogP contribution < -0.4 is 5.32 Å². The van der Waals surface area contributed by atoms with Gasteiger partial charge < -0.3 is 14.2 Å². The number of hydrazone groups is 1. The number of amides is 1. The number of furan rings is 2. The van der Waals surface area contributed by atoms with Crippen LogP contribution in [0.25, 0.3) is 0 Å². The molecule has 0 aliphatic carbocycles. The number of hydrogen-bond acceptors (Lipinski definition) is 9. The van der Waals surface area contributed by atoms with E-state index in [0.29, 0.717) is 27.4 Å². The van der Waals surface area contributed by atoms with E-state index in [9.17, 15) is 4.79 Å². The van der Waals surface area contributed by atoms with E-state index in [1.807, 2.05) is 43.3 Å². The smallest absolute Gasteiger partial charge is 0.253 e. The van der Waals surface area contributed by atoms with E-state index < -0.39 is 0 Å². The van der Waals surface area contributed by atoms with Gasteiger partial charge in [0.1, 0.15) is 23.3 Å². The molecular weight excluding hydrogens is 446 g/mol. The highest BCUT2D eigenvalue weighted by molar-refractivity contribution is 8.01. The van der Waals surface area contributed by atoms with Gasteiger partial charge in [0.25, 0.3) is 5.91 Å². The molecule has 1 aromatic carbocycles. The van der Waals surface area contributed by atoms with Gasteiger partial charge in [-0.15, -0.1) is 10.2 Å². The molecule has 8 nitrogen and oxygen atoms in total. The second kappa shape index (κ2) is 9.01. The molecule has 3 aromatic heterocycles. The fraction of sp³-hybridized carbons (Fsp3) is 0.182. The number of nitrogens with zero attached hydrogens (tertiary/aromatic N) is 4. The first-order valence-electron chi connectivity index (χ1n) is 9.92. The van der Waals surface area contributed by atoms with Crippen molar-refractivity contribution in [1.82, 2.24) is 15.2 Å². The summed E-state index contributed by atoms with van der Waals surface area (Å²) in [6.07, 6.45) is 3.72. The Morgan fingerprint density at radius 1 is 1.16 bits per heavy atom. The highest BCUT2D eigenvalue weighted by Crippen LogP contribution is 2.35. The maximum Gasteiger partial charge on any atom is 0.253 e. The van der Waals surface area contributed by atoms with Crippen LogP contribution in [0.5, 0.6) is 0 Å². The third kappa shape index (κ3) is 4.46. The first kappa shape index (κ1) is 20.5. The van der Waals surface area contributed by atoms with Gasteiger partial charge in [-0.1, -0.05) is 40.8 Å². The number of hydrogen-bond donors (Lipinski definition) is 1. The average Bonchev–Trinajstić information content (AvgIpc) is 3.60. The lowest BCUT2D eigenvalue weighted by molar-refractivity contribution is -0.130. The van der Waals surface area contributed by atoms with E-state index in [2.05, 4.69) is 20.6 Å². The summed E-state index contributed by atoms with van der Waals surface area (Å²) in [7, 11) is 0. The molecule has 0 bridgehead atoms. The first-order valence-corrected chi connectivity index (χ1v) is 11.7. The number of aryl methyl sites for hydroxylation is 1. The molecule has 162 valence electrons. The van der Waals surface area contributed by atoms with E-state index in [0.717, 1.165) is 11.4 Å². The highest BCUT2D eigenvalue weighted by Gasteiger charge is 2.35. The van der Waals surface area contributed by atoms with Gasteiger partial charge in [-0.05, 0) is 43.3 Å². The molecule has 4 heterocycles. The maximum absolute atomic E-state index is 13.0. The summed E-state index contributed by atoms with van der Waals surface area (Å²) in [5, 5.41) is 18.3. The SMILES string of the molecule is Cc1ccc(Nc2nnc(SCC(=O)N3N=C(c4ccco4)CC3c3ccco3)s2)cc1. The number of carbonyl (C=O) groups excluding carboxylic acids is 1. The van der Waals surface area contributed by atoms with Crippen LogP contribution in [0.15, 0.2) is 79.3 Å². The van der Waals surface area contributed by atoms with Crippen molar-refractivity contribution in [1.29, 1.82) is 0 Å². The standard InChI is InChI=1S/C22H19N5O3S2/c1-14-6-8-15(9-7-14)23-21-24-25-22(32-21)31-13-20(28)27-17(19-5-3-11-30-19)12-16(26-27)18-4-2-10-29-18/h2-11,17H,12-13H2,1H3,(H,23,24). The molecule has 1 aliphatic heterocycles. The van der Waals surface area contributed by atoms with Gasteiger partial charge in [0, 0.05) is 12.1 Å². The van der Waals surface area contributed by atoms with E-state index >= 15 is 0 Å². The number of benzene rings is 1. The zero-order valence-electron chi connectivity index (χ0n) is 17.1. The Bertz CT molecular complexity index is 1220. The van der Waals surface area contributed by atoms with Crippen molar-refractivity contribution in [2.24, 2.45) is 5.10 Å². The molecule has 1 atom stereocenters. The molecular formula is C22H19N5O3S2.